The summed E-state index contributed by atoms with van der Waals surface area (Å²) in [5.74, 6) is -9.14. The minimum atomic E-state index is -3.51. The van der Waals surface area contributed by atoms with Crippen LogP contribution in [-0.2, 0) is 28.6 Å². The van der Waals surface area contributed by atoms with Crippen molar-refractivity contribution in [2.24, 2.45) is 0 Å². The third-order valence-electron chi connectivity index (χ3n) is 3.02. The smallest absolute Gasteiger partial charge is 0.344 e. The molecule has 0 aliphatic rings. The SMILES string of the molecule is C=C(C)C(=O)OCC(=O)OCC(C)(F)F.C=C(C)C(=O)OCCC(F)(F)C(C)(C)F. The van der Waals surface area contributed by atoms with E-state index in [9.17, 15) is 36.3 Å². The Balaban J connectivity index is 0. The minimum Gasteiger partial charge on any atom is -0.462 e. The van der Waals surface area contributed by atoms with Crippen molar-refractivity contribution in [2.75, 3.05) is 19.8 Å². The second-order valence-corrected chi connectivity index (χ2v) is 6.93. The molecule has 0 aliphatic carbocycles. The molecule has 0 aromatic carbocycles. The van der Waals surface area contributed by atoms with Crippen LogP contribution >= 0.6 is 0 Å². The Morgan fingerprint density at radius 2 is 1.23 bits per heavy atom. The summed E-state index contributed by atoms with van der Waals surface area (Å²) in [5.41, 5.74) is -2.38. The topological polar surface area (TPSA) is 78.9 Å². The van der Waals surface area contributed by atoms with Gasteiger partial charge in [-0.1, -0.05) is 13.2 Å². The molecule has 0 aliphatic heterocycles. The Labute approximate surface area is 172 Å². The average Bonchev–Trinajstić information content (AvgIpc) is 2.56. The van der Waals surface area contributed by atoms with Crippen LogP contribution in [0.3, 0.4) is 0 Å². The van der Waals surface area contributed by atoms with Crippen LogP contribution in [0.1, 0.15) is 41.0 Å². The van der Waals surface area contributed by atoms with Gasteiger partial charge in [-0.05, 0) is 27.7 Å². The fourth-order valence-electron chi connectivity index (χ4n) is 1.19. The number of alkyl halides is 5. The van der Waals surface area contributed by atoms with Crippen molar-refractivity contribution in [2.45, 2.75) is 58.6 Å². The first kappa shape index (κ1) is 29.7. The van der Waals surface area contributed by atoms with Crippen LogP contribution in [0.2, 0.25) is 0 Å². The van der Waals surface area contributed by atoms with Gasteiger partial charge in [0.25, 0.3) is 11.8 Å². The summed E-state index contributed by atoms with van der Waals surface area (Å²) in [6, 6.07) is 0. The van der Waals surface area contributed by atoms with Gasteiger partial charge in [-0.15, -0.1) is 0 Å². The maximum atomic E-state index is 13.0. The van der Waals surface area contributed by atoms with E-state index < -0.39 is 61.7 Å². The van der Waals surface area contributed by atoms with E-state index in [1.54, 1.807) is 0 Å². The van der Waals surface area contributed by atoms with Crippen LogP contribution in [-0.4, -0.2) is 55.2 Å². The summed E-state index contributed by atoms with van der Waals surface area (Å²) >= 11 is 0. The van der Waals surface area contributed by atoms with Gasteiger partial charge in [0.15, 0.2) is 18.9 Å². The van der Waals surface area contributed by atoms with E-state index in [4.69, 9.17) is 0 Å². The molecule has 0 bridgehead atoms. The van der Waals surface area contributed by atoms with E-state index in [1.165, 1.54) is 13.8 Å². The summed E-state index contributed by atoms with van der Waals surface area (Å²) in [6.07, 6.45) is -0.838. The number of esters is 3. The lowest BCUT2D eigenvalue weighted by Gasteiger charge is -2.26. The van der Waals surface area contributed by atoms with Gasteiger partial charge < -0.3 is 14.2 Å². The zero-order valence-electron chi connectivity index (χ0n) is 17.6. The Morgan fingerprint density at radius 3 is 1.60 bits per heavy atom. The highest BCUT2D eigenvalue weighted by Crippen LogP contribution is 2.34. The zero-order chi connectivity index (χ0) is 24.3. The largest absolute Gasteiger partial charge is 0.462 e. The van der Waals surface area contributed by atoms with Crippen molar-refractivity contribution in [3.8, 4) is 0 Å². The monoisotopic (exact) mass is 446 g/mol. The predicted octanol–water partition coefficient (Wildman–Crippen LogP) is 4.18. The minimum absolute atomic E-state index is 0.114. The number of ether oxygens (including phenoxy) is 3. The summed E-state index contributed by atoms with van der Waals surface area (Å²) in [5, 5.41) is 0. The van der Waals surface area contributed by atoms with Gasteiger partial charge in [0.2, 0.25) is 0 Å². The lowest BCUT2D eigenvalue weighted by molar-refractivity contribution is -0.163. The number of hydrogen-bond acceptors (Lipinski definition) is 6. The molecule has 30 heavy (non-hydrogen) atoms. The van der Waals surface area contributed by atoms with Crippen molar-refractivity contribution in [3.63, 3.8) is 0 Å². The van der Waals surface area contributed by atoms with E-state index >= 15 is 0 Å². The van der Waals surface area contributed by atoms with E-state index in [-0.39, 0.29) is 11.1 Å². The second-order valence-electron chi connectivity index (χ2n) is 6.93. The maximum Gasteiger partial charge on any atom is 0.344 e. The molecule has 0 radical (unpaired) electrons. The standard InChI is InChI=1S/C10H15F3O2.C9H12F2O4/c1-7(2)8(14)15-6-5-10(12,13)9(3,4)11;1-6(2)8(13)14-4-7(12)15-5-9(3,10)11/h1,5-6H2,2-4H3;1,4-5H2,2-3H3. The number of carbonyl (C=O) groups is 3. The van der Waals surface area contributed by atoms with E-state index in [0.29, 0.717) is 6.92 Å². The Bertz CT molecular complexity index is 632. The Hall–Kier alpha value is -2.46. The Kier molecular flexibility index (Phi) is 12.2. The van der Waals surface area contributed by atoms with Crippen molar-refractivity contribution < 1.29 is 50.5 Å². The van der Waals surface area contributed by atoms with Gasteiger partial charge in [0.1, 0.15) is 0 Å². The maximum absolute atomic E-state index is 13.0. The first-order chi connectivity index (χ1) is 13.3. The van der Waals surface area contributed by atoms with Crippen molar-refractivity contribution in [1.29, 1.82) is 0 Å². The van der Waals surface area contributed by atoms with Gasteiger partial charge in [-0.25, -0.2) is 36.3 Å². The molecule has 174 valence electrons. The molecule has 0 aromatic heterocycles. The summed E-state index contributed by atoms with van der Waals surface area (Å²) in [4.78, 5) is 32.3. The normalized spacial score (nSPS) is 11.5. The van der Waals surface area contributed by atoms with Gasteiger partial charge in [-0.3, -0.25) is 0 Å². The number of hydrogen-bond donors (Lipinski definition) is 0. The zero-order valence-corrected chi connectivity index (χ0v) is 17.6. The predicted molar refractivity (Wildman–Crippen MR) is 97.9 cm³/mol. The molecule has 6 nitrogen and oxygen atoms in total. The van der Waals surface area contributed by atoms with Crippen molar-refractivity contribution >= 4 is 17.9 Å². The van der Waals surface area contributed by atoms with Crippen LogP contribution < -0.4 is 0 Å². The molecule has 0 spiro atoms. The van der Waals surface area contributed by atoms with Gasteiger partial charge in [0, 0.05) is 24.5 Å². The van der Waals surface area contributed by atoms with Gasteiger partial charge >= 0.3 is 17.9 Å². The summed E-state index contributed by atoms with van der Waals surface area (Å²) < 4.78 is 76.3. The van der Waals surface area contributed by atoms with E-state index in [2.05, 4.69) is 27.4 Å². The second kappa shape index (κ2) is 12.3. The van der Waals surface area contributed by atoms with Crippen LogP contribution in [0.4, 0.5) is 22.0 Å². The van der Waals surface area contributed by atoms with Gasteiger partial charge in [0.05, 0.1) is 6.61 Å². The molecule has 0 saturated carbocycles. The quantitative estimate of drug-likeness (QED) is 0.217. The summed E-state index contributed by atoms with van der Waals surface area (Å²) in [7, 11) is 0. The first-order valence-electron chi connectivity index (χ1n) is 8.55. The van der Waals surface area contributed by atoms with Crippen LogP contribution in [0.5, 0.6) is 0 Å². The molecular weight excluding hydrogens is 419 g/mol. The van der Waals surface area contributed by atoms with Crippen LogP contribution in [0, 0.1) is 0 Å². The number of rotatable bonds is 10. The number of carbonyl (C=O) groups excluding carboxylic acids is 3. The first-order valence-corrected chi connectivity index (χ1v) is 8.55. The van der Waals surface area contributed by atoms with Gasteiger partial charge in [-0.2, -0.15) is 0 Å². The fourth-order valence-corrected chi connectivity index (χ4v) is 1.19. The Morgan fingerprint density at radius 1 is 0.800 bits per heavy atom. The van der Waals surface area contributed by atoms with Crippen molar-refractivity contribution in [3.05, 3.63) is 24.3 Å². The fraction of sp³-hybridized carbons (Fsp3) is 0.632. The lowest BCUT2D eigenvalue weighted by atomic mass is 10.0. The highest BCUT2D eigenvalue weighted by molar-refractivity contribution is 5.88. The molecule has 0 rings (SSSR count). The molecule has 0 unspecified atom stereocenters. The molecule has 0 amide bonds. The highest BCUT2D eigenvalue weighted by Gasteiger charge is 2.47. The molecule has 0 fully saturated rings. The van der Waals surface area contributed by atoms with Crippen LogP contribution in [0.25, 0.3) is 0 Å². The lowest BCUT2D eigenvalue weighted by Crippen LogP contribution is -2.39. The molecule has 0 N–H and O–H groups in total. The van der Waals surface area contributed by atoms with Crippen molar-refractivity contribution in [1.82, 2.24) is 0 Å². The molecule has 0 atom stereocenters. The third kappa shape index (κ3) is 14.5. The van der Waals surface area contributed by atoms with Crippen LogP contribution in [0.15, 0.2) is 24.3 Å². The molecule has 0 saturated heterocycles. The highest BCUT2D eigenvalue weighted by atomic mass is 19.3. The number of halogens is 5. The molecule has 11 heteroatoms. The molecule has 0 aromatic rings. The third-order valence-corrected chi connectivity index (χ3v) is 3.02. The van der Waals surface area contributed by atoms with E-state index in [0.717, 1.165) is 13.8 Å². The molecule has 0 heterocycles. The average molecular weight is 446 g/mol. The summed E-state index contributed by atoms with van der Waals surface area (Å²) in [6.45, 7) is 9.29. The van der Waals surface area contributed by atoms with E-state index in [1.807, 2.05) is 0 Å². The molecular formula is C19H27F5O6.